The average molecular weight is 362 g/mol. The fourth-order valence-electron chi connectivity index (χ4n) is 1.96. The summed E-state index contributed by atoms with van der Waals surface area (Å²) in [5.41, 5.74) is 4.08. The number of carbonyl (C=O) groups excluding carboxylic acids is 2. The molecule has 0 spiro atoms. The van der Waals surface area contributed by atoms with Crippen molar-refractivity contribution in [1.82, 2.24) is 5.32 Å². The number of ether oxygens (including phenoxy) is 2. The van der Waals surface area contributed by atoms with Gasteiger partial charge in [-0.3, -0.25) is 0 Å². The van der Waals surface area contributed by atoms with Gasteiger partial charge in [0, 0.05) is 12.1 Å². The van der Waals surface area contributed by atoms with Gasteiger partial charge in [-0.25, -0.2) is 9.59 Å². The highest BCUT2D eigenvalue weighted by Crippen LogP contribution is 2.31. The van der Waals surface area contributed by atoms with Crippen LogP contribution in [0.15, 0.2) is 18.2 Å². The van der Waals surface area contributed by atoms with Gasteiger partial charge in [0.05, 0.1) is 12.7 Å². The summed E-state index contributed by atoms with van der Waals surface area (Å²) in [4.78, 5) is 23.7. The van der Waals surface area contributed by atoms with E-state index in [2.05, 4.69) is 10.1 Å². The smallest absolute Gasteiger partial charge is 0.416 e. The van der Waals surface area contributed by atoms with Crippen LogP contribution in [0.1, 0.15) is 31.9 Å². The fourth-order valence-corrected chi connectivity index (χ4v) is 1.96. The van der Waals surface area contributed by atoms with Crippen LogP contribution >= 0.6 is 0 Å². The topological polar surface area (TPSA) is 90.6 Å². The Morgan fingerprint density at radius 1 is 1.24 bits per heavy atom. The molecule has 0 aromatic heterocycles. The molecule has 9 heteroatoms. The second-order valence-electron chi connectivity index (χ2n) is 6.34. The molecule has 0 heterocycles. The number of benzene rings is 1. The van der Waals surface area contributed by atoms with E-state index in [0.717, 1.165) is 25.3 Å². The van der Waals surface area contributed by atoms with Crippen LogP contribution in [0.4, 0.5) is 23.7 Å². The first kappa shape index (κ1) is 20.6. The highest BCUT2D eigenvalue weighted by Gasteiger charge is 2.31. The molecule has 0 bridgehead atoms. The van der Waals surface area contributed by atoms with E-state index < -0.39 is 35.4 Å². The number of methoxy groups -OCH3 is 1. The number of nitrogens with two attached hydrogens (primary N) is 1. The molecule has 0 radical (unpaired) electrons. The van der Waals surface area contributed by atoms with Gasteiger partial charge in [-0.1, -0.05) is 6.07 Å². The van der Waals surface area contributed by atoms with Crippen molar-refractivity contribution in [3.8, 4) is 0 Å². The summed E-state index contributed by atoms with van der Waals surface area (Å²) >= 11 is 0. The molecule has 0 fully saturated rings. The predicted octanol–water partition coefficient (Wildman–Crippen LogP) is 2.90. The van der Waals surface area contributed by atoms with Gasteiger partial charge in [-0.05, 0) is 38.5 Å². The lowest BCUT2D eigenvalue weighted by Crippen LogP contribution is -2.45. The molecule has 140 valence electrons. The minimum Gasteiger partial charge on any atom is -0.467 e. The molecule has 1 amide bonds. The van der Waals surface area contributed by atoms with Gasteiger partial charge >= 0.3 is 18.2 Å². The SMILES string of the molecule is COC(=O)[C@@H](Cc1ccc(C(F)(F)F)cc1N)NC(=O)OC(C)(C)C. The lowest BCUT2D eigenvalue weighted by Gasteiger charge is -2.23. The van der Waals surface area contributed by atoms with E-state index in [4.69, 9.17) is 10.5 Å². The van der Waals surface area contributed by atoms with Gasteiger partial charge in [0.15, 0.2) is 0 Å². The number of amides is 1. The van der Waals surface area contributed by atoms with Gasteiger partial charge in [0.1, 0.15) is 11.6 Å². The summed E-state index contributed by atoms with van der Waals surface area (Å²) < 4.78 is 47.7. The van der Waals surface area contributed by atoms with E-state index >= 15 is 0 Å². The Kier molecular flexibility index (Phi) is 6.28. The van der Waals surface area contributed by atoms with Crippen molar-refractivity contribution in [2.45, 2.75) is 45.0 Å². The molecule has 1 rings (SSSR count). The number of hydrogen-bond acceptors (Lipinski definition) is 5. The third kappa shape index (κ3) is 6.52. The molecule has 1 atom stereocenters. The number of alkyl halides is 3. The van der Waals surface area contributed by atoms with E-state index in [0.29, 0.717) is 0 Å². The molecule has 0 saturated heterocycles. The number of hydrogen-bond donors (Lipinski definition) is 2. The highest BCUT2D eigenvalue weighted by molar-refractivity contribution is 5.82. The maximum absolute atomic E-state index is 12.7. The van der Waals surface area contributed by atoms with Crippen molar-refractivity contribution in [3.05, 3.63) is 29.3 Å². The van der Waals surface area contributed by atoms with Crippen LogP contribution in [0.3, 0.4) is 0 Å². The van der Waals surface area contributed by atoms with Crippen LogP contribution in [-0.2, 0) is 26.9 Å². The maximum Gasteiger partial charge on any atom is 0.416 e. The third-order valence-electron chi connectivity index (χ3n) is 3.07. The monoisotopic (exact) mass is 362 g/mol. The van der Waals surface area contributed by atoms with E-state index in [1.807, 2.05) is 0 Å². The first-order valence-electron chi connectivity index (χ1n) is 7.36. The van der Waals surface area contributed by atoms with Crippen molar-refractivity contribution in [1.29, 1.82) is 0 Å². The summed E-state index contributed by atoms with van der Waals surface area (Å²) in [5, 5.41) is 2.33. The van der Waals surface area contributed by atoms with Crippen molar-refractivity contribution in [3.63, 3.8) is 0 Å². The standard InChI is InChI=1S/C16H21F3N2O4/c1-15(2,3)25-14(23)21-12(13(22)24-4)7-9-5-6-10(8-11(9)20)16(17,18)19/h5-6,8,12H,7,20H2,1-4H3,(H,21,23)/t12-/m1/s1. The molecule has 0 unspecified atom stereocenters. The molecular formula is C16H21F3N2O4. The van der Waals surface area contributed by atoms with E-state index in [-0.39, 0.29) is 17.7 Å². The molecule has 0 aliphatic heterocycles. The molecule has 0 saturated carbocycles. The fraction of sp³-hybridized carbons (Fsp3) is 0.500. The lowest BCUT2D eigenvalue weighted by molar-refractivity contribution is -0.143. The number of anilines is 1. The van der Waals surface area contributed by atoms with E-state index in [9.17, 15) is 22.8 Å². The van der Waals surface area contributed by atoms with Crippen LogP contribution in [0.2, 0.25) is 0 Å². The quantitative estimate of drug-likeness (QED) is 0.635. The lowest BCUT2D eigenvalue weighted by atomic mass is 10.0. The number of nitrogen functional groups attached to an aromatic ring is 1. The maximum atomic E-state index is 12.7. The zero-order chi connectivity index (χ0) is 19.4. The van der Waals surface area contributed by atoms with Crippen LogP contribution < -0.4 is 11.1 Å². The Hall–Kier alpha value is -2.45. The molecular weight excluding hydrogens is 341 g/mol. The molecule has 25 heavy (non-hydrogen) atoms. The van der Waals surface area contributed by atoms with Gasteiger partial charge < -0.3 is 20.5 Å². The van der Waals surface area contributed by atoms with Gasteiger partial charge in [0.2, 0.25) is 0 Å². The van der Waals surface area contributed by atoms with Crippen molar-refractivity contribution >= 4 is 17.7 Å². The van der Waals surface area contributed by atoms with Crippen molar-refractivity contribution < 1.29 is 32.2 Å². The van der Waals surface area contributed by atoms with Crippen LogP contribution in [0.25, 0.3) is 0 Å². The minimum atomic E-state index is -4.52. The second kappa shape index (κ2) is 7.62. The predicted molar refractivity (Wildman–Crippen MR) is 84.7 cm³/mol. The zero-order valence-corrected chi connectivity index (χ0v) is 14.4. The number of carbonyl (C=O) groups is 2. The molecule has 0 aliphatic rings. The summed E-state index contributed by atoms with van der Waals surface area (Å²) in [5.74, 6) is -0.773. The minimum absolute atomic E-state index is 0.143. The van der Waals surface area contributed by atoms with E-state index in [1.165, 1.54) is 0 Å². The Morgan fingerprint density at radius 2 is 1.84 bits per heavy atom. The van der Waals surface area contributed by atoms with Crippen molar-refractivity contribution in [2.75, 3.05) is 12.8 Å². The number of alkyl carbamates (subject to hydrolysis) is 1. The normalized spacial score (nSPS) is 13.1. The first-order valence-corrected chi connectivity index (χ1v) is 7.36. The summed E-state index contributed by atoms with van der Waals surface area (Å²) in [6.45, 7) is 4.94. The largest absolute Gasteiger partial charge is 0.467 e. The molecule has 3 N–H and O–H groups in total. The summed E-state index contributed by atoms with van der Waals surface area (Å²) in [6.07, 6.45) is -5.52. The first-order chi connectivity index (χ1) is 11.3. The summed E-state index contributed by atoms with van der Waals surface area (Å²) in [7, 11) is 1.13. The number of nitrogens with one attached hydrogen (secondary N) is 1. The van der Waals surface area contributed by atoms with Gasteiger partial charge in [-0.15, -0.1) is 0 Å². The van der Waals surface area contributed by atoms with Crippen LogP contribution in [0, 0.1) is 0 Å². The van der Waals surface area contributed by atoms with E-state index in [1.54, 1.807) is 20.8 Å². The molecule has 1 aromatic carbocycles. The van der Waals surface area contributed by atoms with Crippen molar-refractivity contribution in [2.24, 2.45) is 0 Å². The average Bonchev–Trinajstić information content (AvgIpc) is 2.44. The summed E-state index contributed by atoms with van der Waals surface area (Å²) in [6, 6.07) is 1.63. The Labute approximate surface area is 143 Å². The van der Waals surface area contributed by atoms with Crippen LogP contribution in [-0.4, -0.2) is 30.8 Å². The Morgan fingerprint density at radius 3 is 2.28 bits per heavy atom. The highest BCUT2D eigenvalue weighted by atomic mass is 19.4. The number of esters is 1. The number of rotatable bonds is 4. The zero-order valence-electron chi connectivity index (χ0n) is 14.4. The second-order valence-corrected chi connectivity index (χ2v) is 6.34. The molecule has 1 aromatic rings. The third-order valence-corrected chi connectivity index (χ3v) is 3.07. The Balaban J connectivity index is 2.96. The molecule has 0 aliphatic carbocycles. The van der Waals surface area contributed by atoms with Crippen LogP contribution in [0.5, 0.6) is 0 Å². The number of halogens is 3. The van der Waals surface area contributed by atoms with Gasteiger partial charge in [-0.2, -0.15) is 13.2 Å². The Bertz CT molecular complexity index is 639. The van der Waals surface area contributed by atoms with Gasteiger partial charge in [0.25, 0.3) is 0 Å². The molecule has 6 nitrogen and oxygen atoms in total.